The third kappa shape index (κ3) is 3.30. The molecule has 0 fully saturated rings. The lowest BCUT2D eigenvalue weighted by atomic mass is 10.2. The minimum Gasteiger partial charge on any atom is -0.484 e. The number of halogens is 1. The van der Waals surface area contributed by atoms with Crippen molar-refractivity contribution >= 4 is 0 Å². The van der Waals surface area contributed by atoms with Gasteiger partial charge in [0.25, 0.3) is 0 Å². The van der Waals surface area contributed by atoms with Gasteiger partial charge in [-0.05, 0) is 25.1 Å². The van der Waals surface area contributed by atoms with Gasteiger partial charge < -0.3 is 9.84 Å². The van der Waals surface area contributed by atoms with Crippen LogP contribution in [0.1, 0.15) is 17.0 Å². The molecule has 2 rings (SSSR count). The average Bonchev–Trinajstić information content (AvgIpc) is 2.82. The van der Waals surface area contributed by atoms with E-state index in [2.05, 4.69) is 26.8 Å². The first-order chi connectivity index (χ1) is 9.20. The third-order valence-corrected chi connectivity index (χ3v) is 2.35. The Morgan fingerprint density at radius 3 is 2.95 bits per heavy atom. The first kappa shape index (κ1) is 13.1. The minimum absolute atomic E-state index is 0.0587. The molecule has 0 saturated heterocycles. The number of aliphatic hydroxyl groups is 1. The first-order valence-corrected chi connectivity index (χ1v) is 5.51. The predicted molar refractivity (Wildman–Crippen MR) is 63.7 cm³/mol. The van der Waals surface area contributed by atoms with E-state index in [1.165, 1.54) is 18.2 Å². The van der Waals surface area contributed by atoms with Crippen LogP contribution in [0.15, 0.2) is 22.8 Å². The van der Waals surface area contributed by atoms with E-state index in [0.717, 1.165) is 0 Å². The molecule has 0 unspecified atom stereocenters. The van der Waals surface area contributed by atoms with Crippen LogP contribution in [0.25, 0.3) is 0 Å². The van der Waals surface area contributed by atoms with Gasteiger partial charge in [0.2, 0.25) is 0 Å². The number of nitrogens with zero attached hydrogens (tertiary/aromatic N) is 2. The summed E-state index contributed by atoms with van der Waals surface area (Å²) in [6.45, 7) is 1.52. The van der Waals surface area contributed by atoms with E-state index in [1.54, 1.807) is 6.92 Å². The maximum Gasteiger partial charge on any atom is 0.165 e. The highest BCUT2D eigenvalue weighted by molar-refractivity contribution is 5.40. The number of hydrogen-bond donors (Lipinski definition) is 1. The SMILES string of the molecule is Cc1nonc1COc1cc(C#CCO)ccc1F. The summed E-state index contributed by atoms with van der Waals surface area (Å²) in [6.07, 6.45) is 0. The molecule has 0 atom stereocenters. The second-order valence-electron chi connectivity index (χ2n) is 3.69. The van der Waals surface area contributed by atoms with Gasteiger partial charge in [-0.15, -0.1) is 0 Å². The smallest absolute Gasteiger partial charge is 0.165 e. The summed E-state index contributed by atoms with van der Waals surface area (Å²) in [5.41, 5.74) is 1.66. The zero-order valence-corrected chi connectivity index (χ0v) is 10.2. The number of ether oxygens (including phenoxy) is 1. The standard InChI is InChI=1S/C13H11FN2O3/c1-9-12(16-19-15-9)8-18-13-7-10(3-2-6-17)4-5-11(13)14/h4-5,7,17H,6,8H2,1H3. The highest BCUT2D eigenvalue weighted by Gasteiger charge is 2.09. The Kier molecular flexibility index (Phi) is 4.11. The van der Waals surface area contributed by atoms with Crippen LogP contribution in [0.5, 0.6) is 5.75 Å². The summed E-state index contributed by atoms with van der Waals surface area (Å²) >= 11 is 0. The average molecular weight is 262 g/mol. The van der Waals surface area contributed by atoms with Crippen LogP contribution in [0.2, 0.25) is 0 Å². The molecule has 0 spiro atoms. The van der Waals surface area contributed by atoms with Crippen molar-refractivity contribution in [2.75, 3.05) is 6.61 Å². The van der Waals surface area contributed by atoms with Crippen LogP contribution in [0.3, 0.4) is 0 Å². The van der Waals surface area contributed by atoms with Crippen LogP contribution in [-0.4, -0.2) is 22.0 Å². The Hall–Kier alpha value is -2.39. The van der Waals surface area contributed by atoms with E-state index in [9.17, 15) is 4.39 Å². The maximum absolute atomic E-state index is 13.5. The topological polar surface area (TPSA) is 68.4 Å². The molecule has 0 aliphatic carbocycles. The summed E-state index contributed by atoms with van der Waals surface area (Å²) in [4.78, 5) is 0. The van der Waals surface area contributed by atoms with Gasteiger partial charge in [0.1, 0.15) is 24.6 Å². The first-order valence-electron chi connectivity index (χ1n) is 5.51. The molecule has 6 heteroatoms. The van der Waals surface area contributed by atoms with E-state index in [-0.39, 0.29) is 19.0 Å². The van der Waals surface area contributed by atoms with Crippen molar-refractivity contribution in [2.24, 2.45) is 0 Å². The van der Waals surface area contributed by atoms with Crippen molar-refractivity contribution in [1.29, 1.82) is 0 Å². The lowest BCUT2D eigenvalue weighted by molar-refractivity contribution is 0.262. The normalized spacial score (nSPS) is 9.84. The molecule has 0 saturated carbocycles. The maximum atomic E-state index is 13.5. The van der Waals surface area contributed by atoms with Gasteiger partial charge in [0.05, 0.1) is 0 Å². The van der Waals surface area contributed by atoms with Gasteiger partial charge in [-0.1, -0.05) is 22.2 Å². The molecule has 98 valence electrons. The number of aliphatic hydroxyl groups excluding tert-OH is 1. The Morgan fingerprint density at radius 1 is 1.42 bits per heavy atom. The number of benzene rings is 1. The van der Waals surface area contributed by atoms with E-state index < -0.39 is 5.82 Å². The Morgan fingerprint density at radius 2 is 2.26 bits per heavy atom. The Labute approximate surface area is 109 Å². The van der Waals surface area contributed by atoms with Gasteiger partial charge in [0, 0.05) is 5.56 Å². The monoisotopic (exact) mass is 262 g/mol. The minimum atomic E-state index is -0.497. The molecule has 0 bridgehead atoms. The highest BCUT2D eigenvalue weighted by Crippen LogP contribution is 2.19. The number of hydrogen-bond acceptors (Lipinski definition) is 5. The molecule has 1 aromatic heterocycles. The van der Waals surface area contributed by atoms with Crippen molar-refractivity contribution in [3.63, 3.8) is 0 Å². The van der Waals surface area contributed by atoms with Crippen LogP contribution in [0.4, 0.5) is 4.39 Å². The fraction of sp³-hybridized carbons (Fsp3) is 0.231. The Balaban J connectivity index is 2.13. The fourth-order valence-electron chi connectivity index (χ4n) is 1.36. The molecular weight excluding hydrogens is 251 g/mol. The van der Waals surface area contributed by atoms with Crippen molar-refractivity contribution in [1.82, 2.24) is 10.3 Å². The molecule has 0 aliphatic heterocycles. The Bertz CT molecular complexity index is 628. The van der Waals surface area contributed by atoms with E-state index in [4.69, 9.17) is 9.84 Å². The number of aryl methyl sites for hydroxylation is 1. The summed E-state index contributed by atoms with van der Waals surface area (Å²) < 4.78 is 23.4. The molecule has 2 aromatic rings. The lowest BCUT2D eigenvalue weighted by Gasteiger charge is -2.05. The fourth-order valence-corrected chi connectivity index (χ4v) is 1.36. The lowest BCUT2D eigenvalue weighted by Crippen LogP contribution is -1.99. The largest absolute Gasteiger partial charge is 0.484 e. The van der Waals surface area contributed by atoms with Crippen LogP contribution < -0.4 is 4.74 Å². The molecule has 0 aliphatic rings. The quantitative estimate of drug-likeness (QED) is 0.848. The van der Waals surface area contributed by atoms with Gasteiger partial charge in [-0.3, -0.25) is 0 Å². The van der Waals surface area contributed by atoms with E-state index >= 15 is 0 Å². The number of aromatic nitrogens is 2. The van der Waals surface area contributed by atoms with Gasteiger partial charge in [-0.25, -0.2) is 9.02 Å². The summed E-state index contributed by atoms with van der Waals surface area (Å²) in [6, 6.07) is 4.22. The van der Waals surface area contributed by atoms with Gasteiger partial charge in [0.15, 0.2) is 11.6 Å². The second-order valence-corrected chi connectivity index (χ2v) is 3.69. The molecule has 1 aromatic carbocycles. The number of rotatable bonds is 3. The third-order valence-electron chi connectivity index (χ3n) is 2.35. The summed E-state index contributed by atoms with van der Waals surface area (Å²) in [5.74, 6) is 4.72. The molecule has 0 radical (unpaired) electrons. The molecular formula is C13H11FN2O3. The zero-order valence-electron chi connectivity index (χ0n) is 10.2. The van der Waals surface area contributed by atoms with Crippen LogP contribution >= 0.6 is 0 Å². The molecule has 19 heavy (non-hydrogen) atoms. The van der Waals surface area contributed by atoms with Gasteiger partial charge in [-0.2, -0.15) is 0 Å². The van der Waals surface area contributed by atoms with Crippen molar-refractivity contribution in [2.45, 2.75) is 13.5 Å². The molecule has 5 nitrogen and oxygen atoms in total. The van der Waals surface area contributed by atoms with Crippen molar-refractivity contribution in [3.8, 4) is 17.6 Å². The van der Waals surface area contributed by atoms with Crippen molar-refractivity contribution in [3.05, 3.63) is 41.0 Å². The van der Waals surface area contributed by atoms with Crippen LogP contribution in [-0.2, 0) is 6.61 Å². The zero-order chi connectivity index (χ0) is 13.7. The van der Waals surface area contributed by atoms with E-state index in [1.807, 2.05) is 0 Å². The predicted octanol–water partition coefficient (Wildman–Crippen LogP) is 1.44. The van der Waals surface area contributed by atoms with Gasteiger partial charge >= 0.3 is 0 Å². The molecule has 1 N–H and O–H groups in total. The summed E-state index contributed by atoms with van der Waals surface area (Å²) in [5, 5.41) is 15.8. The van der Waals surface area contributed by atoms with Crippen LogP contribution in [0, 0.1) is 24.6 Å². The molecule has 1 heterocycles. The summed E-state index contributed by atoms with van der Waals surface area (Å²) in [7, 11) is 0. The molecule has 0 amide bonds. The van der Waals surface area contributed by atoms with E-state index in [0.29, 0.717) is 17.0 Å². The second kappa shape index (κ2) is 5.98. The highest BCUT2D eigenvalue weighted by atomic mass is 19.1. The van der Waals surface area contributed by atoms with Crippen molar-refractivity contribution < 1.29 is 18.9 Å².